The number of fused-ring (bicyclic) bond motifs is 1. The number of benzene rings is 2. The Bertz CT molecular complexity index is 1020. The van der Waals surface area contributed by atoms with E-state index in [2.05, 4.69) is 4.90 Å². The van der Waals surface area contributed by atoms with E-state index in [1.54, 1.807) is 18.2 Å². The molecule has 1 amide bonds. The van der Waals surface area contributed by atoms with Gasteiger partial charge in [-0.05, 0) is 36.4 Å². The third-order valence-corrected chi connectivity index (χ3v) is 6.23. The van der Waals surface area contributed by atoms with Gasteiger partial charge in [0.25, 0.3) is 5.91 Å². The van der Waals surface area contributed by atoms with Crippen LogP contribution in [-0.4, -0.2) is 76.2 Å². The zero-order valence-electron chi connectivity index (χ0n) is 17.0. The summed E-state index contributed by atoms with van der Waals surface area (Å²) in [5, 5.41) is 5.09. The predicted molar refractivity (Wildman–Crippen MR) is 113 cm³/mol. The van der Waals surface area contributed by atoms with E-state index in [-0.39, 0.29) is 17.4 Å². The summed E-state index contributed by atoms with van der Waals surface area (Å²) in [5.41, 5.74) is 0. The molecule has 2 aromatic carbocycles. The van der Waals surface area contributed by atoms with Crippen LogP contribution >= 0.6 is 0 Å². The van der Waals surface area contributed by atoms with Crippen LogP contribution in [0.1, 0.15) is 0 Å². The topological polar surface area (TPSA) is 111 Å². The highest BCUT2D eigenvalue weighted by atomic mass is 32.2. The van der Waals surface area contributed by atoms with Crippen LogP contribution < -0.4 is 19.3 Å². The van der Waals surface area contributed by atoms with Gasteiger partial charge in [0.2, 0.25) is 16.1 Å². The minimum atomic E-state index is -3.71. The van der Waals surface area contributed by atoms with Crippen LogP contribution in [0.25, 0.3) is 0 Å². The molecule has 0 aliphatic carbocycles. The lowest BCUT2D eigenvalue weighted by Crippen LogP contribution is -2.54. The average Bonchev–Trinajstić information content (AvgIpc) is 2.78. The summed E-state index contributed by atoms with van der Waals surface area (Å²) in [7, 11) is -3.71. The molecule has 0 saturated carbocycles. The molecule has 0 unspecified atom stereocenters. The summed E-state index contributed by atoms with van der Waals surface area (Å²) >= 11 is 0. The number of nitrogens with two attached hydrogens (primary N) is 1. The molecule has 0 bridgehead atoms. The Morgan fingerprint density at radius 1 is 1.03 bits per heavy atom. The smallest absolute Gasteiger partial charge is 0.267 e. The second-order valence-corrected chi connectivity index (χ2v) is 8.96. The number of carbonyl (C=O) groups excluding carboxylic acids is 1. The molecular formula is C21H25N3O6S. The molecule has 2 N–H and O–H groups in total. The van der Waals surface area contributed by atoms with Gasteiger partial charge in [0.05, 0.1) is 4.90 Å². The van der Waals surface area contributed by atoms with Crippen molar-refractivity contribution in [3.63, 3.8) is 0 Å². The number of sulfonamides is 1. The first-order chi connectivity index (χ1) is 14.9. The van der Waals surface area contributed by atoms with Crippen molar-refractivity contribution in [2.75, 3.05) is 45.9 Å². The van der Waals surface area contributed by atoms with E-state index >= 15 is 0 Å². The van der Waals surface area contributed by atoms with E-state index < -0.39 is 16.1 Å². The molecule has 1 saturated heterocycles. The molecule has 1 atom stereocenters. The fourth-order valence-corrected chi connectivity index (χ4v) is 4.07. The van der Waals surface area contributed by atoms with E-state index in [1.165, 1.54) is 12.1 Å². The molecule has 0 spiro atoms. The maximum absolute atomic E-state index is 12.8. The Balaban J connectivity index is 1.20. The number of rotatable bonds is 6. The van der Waals surface area contributed by atoms with Gasteiger partial charge in [0.1, 0.15) is 19.0 Å². The number of nitrogens with zero attached hydrogens (tertiary/aromatic N) is 2. The maximum atomic E-state index is 12.8. The van der Waals surface area contributed by atoms with Crippen LogP contribution in [0, 0.1) is 0 Å². The highest BCUT2D eigenvalue weighted by molar-refractivity contribution is 7.89. The molecule has 4 rings (SSSR count). The largest absolute Gasteiger partial charge is 0.492 e. The third-order valence-electron chi connectivity index (χ3n) is 5.30. The second kappa shape index (κ2) is 9.13. The first-order valence-electron chi connectivity index (χ1n) is 10.1. The number of hydrogen-bond acceptors (Lipinski definition) is 7. The number of piperazine rings is 1. The van der Waals surface area contributed by atoms with Crippen molar-refractivity contribution in [2.45, 2.75) is 11.0 Å². The Kier molecular flexibility index (Phi) is 6.30. The lowest BCUT2D eigenvalue weighted by molar-refractivity contribution is -0.143. The summed E-state index contributed by atoms with van der Waals surface area (Å²) in [6.07, 6.45) is -0.620. The Hall–Kier alpha value is -2.82. The first-order valence-corrected chi connectivity index (χ1v) is 11.6. The summed E-state index contributed by atoms with van der Waals surface area (Å²) in [4.78, 5) is 16.9. The van der Waals surface area contributed by atoms with Crippen molar-refractivity contribution in [1.29, 1.82) is 0 Å². The van der Waals surface area contributed by atoms with Crippen molar-refractivity contribution in [1.82, 2.24) is 9.80 Å². The van der Waals surface area contributed by atoms with Crippen LogP contribution in [0.15, 0.2) is 53.4 Å². The quantitative estimate of drug-likeness (QED) is 0.694. The number of amides is 1. The summed E-state index contributed by atoms with van der Waals surface area (Å²) < 4.78 is 39.7. The van der Waals surface area contributed by atoms with Crippen molar-refractivity contribution in [3.05, 3.63) is 48.5 Å². The van der Waals surface area contributed by atoms with E-state index in [0.717, 1.165) is 13.1 Å². The second-order valence-electron chi connectivity index (χ2n) is 7.40. The van der Waals surface area contributed by atoms with Gasteiger partial charge in [-0.1, -0.05) is 12.1 Å². The lowest BCUT2D eigenvalue weighted by Gasteiger charge is -2.37. The van der Waals surface area contributed by atoms with Gasteiger partial charge >= 0.3 is 0 Å². The maximum Gasteiger partial charge on any atom is 0.267 e. The Morgan fingerprint density at radius 2 is 1.71 bits per heavy atom. The van der Waals surface area contributed by atoms with E-state index in [1.807, 2.05) is 23.1 Å². The highest BCUT2D eigenvalue weighted by Gasteiger charge is 2.32. The summed E-state index contributed by atoms with van der Waals surface area (Å²) in [5.74, 6) is 1.78. The van der Waals surface area contributed by atoms with Crippen LogP contribution in [0.5, 0.6) is 17.2 Å². The normalized spacial score (nSPS) is 19.1. The summed E-state index contributed by atoms with van der Waals surface area (Å²) in [6, 6.07) is 13.4. The number of hydrogen-bond donors (Lipinski definition) is 1. The van der Waals surface area contributed by atoms with E-state index in [4.69, 9.17) is 19.3 Å². The van der Waals surface area contributed by atoms with Gasteiger partial charge in [-0.2, -0.15) is 0 Å². The molecule has 10 heteroatoms. The average molecular weight is 448 g/mol. The van der Waals surface area contributed by atoms with Crippen LogP contribution in [0.4, 0.5) is 0 Å². The number of carbonyl (C=O) groups is 1. The number of para-hydroxylation sites is 2. The van der Waals surface area contributed by atoms with Crippen LogP contribution in [0.3, 0.4) is 0 Å². The van der Waals surface area contributed by atoms with Crippen molar-refractivity contribution in [3.8, 4) is 17.2 Å². The van der Waals surface area contributed by atoms with E-state index in [9.17, 15) is 13.2 Å². The molecule has 2 aliphatic rings. The minimum Gasteiger partial charge on any atom is -0.492 e. The van der Waals surface area contributed by atoms with Crippen molar-refractivity contribution < 1.29 is 27.4 Å². The van der Waals surface area contributed by atoms with Gasteiger partial charge < -0.3 is 19.1 Å². The van der Waals surface area contributed by atoms with Gasteiger partial charge in [-0.25, -0.2) is 13.6 Å². The monoisotopic (exact) mass is 447 g/mol. The summed E-state index contributed by atoms with van der Waals surface area (Å²) in [6.45, 7) is 4.09. The molecule has 166 valence electrons. The molecule has 2 aliphatic heterocycles. The SMILES string of the molecule is NS(=O)(=O)c1ccc(OCCN2CCN(C(=O)[C@H]3COc4ccccc4O3)CC2)cc1. The molecular weight excluding hydrogens is 422 g/mol. The van der Waals surface area contributed by atoms with E-state index in [0.29, 0.717) is 43.5 Å². The molecule has 1 fully saturated rings. The van der Waals surface area contributed by atoms with Gasteiger partial charge in [0.15, 0.2) is 11.5 Å². The van der Waals surface area contributed by atoms with Gasteiger partial charge in [0, 0.05) is 32.7 Å². The van der Waals surface area contributed by atoms with Crippen LogP contribution in [0.2, 0.25) is 0 Å². The minimum absolute atomic E-state index is 0.0523. The van der Waals surface area contributed by atoms with Crippen molar-refractivity contribution >= 4 is 15.9 Å². The molecule has 9 nitrogen and oxygen atoms in total. The number of primary sulfonamides is 1. The Morgan fingerprint density at radius 3 is 2.39 bits per heavy atom. The van der Waals surface area contributed by atoms with Gasteiger partial charge in [-0.3, -0.25) is 9.69 Å². The molecule has 0 aromatic heterocycles. The molecule has 0 radical (unpaired) electrons. The van der Waals surface area contributed by atoms with Crippen LogP contribution in [-0.2, 0) is 14.8 Å². The molecule has 31 heavy (non-hydrogen) atoms. The number of ether oxygens (including phenoxy) is 3. The zero-order chi connectivity index (χ0) is 21.8. The first kappa shape index (κ1) is 21.4. The van der Waals surface area contributed by atoms with Crippen molar-refractivity contribution in [2.24, 2.45) is 5.14 Å². The highest BCUT2D eigenvalue weighted by Crippen LogP contribution is 2.31. The third kappa shape index (κ3) is 5.27. The molecule has 2 heterocycles. The molecule has 2 aromatic rings. The Labute approximate surface area is 181 Å². The fraction of sp³-hybridized carbons (Fsp3) is 0.381. The van der Waals surface area contributed by atoms with Gasteiger partial charge in [-0.15, -0.1) is 0 Å². The standard InChI is InChI=1S/C21H25N3O6S/c22-31(26,27)17-7-5-16(6-8-17)28-14-13-23-9-11-24(12-10-23)21(25)20-15-29-18-3-1-2-4-19(18)30-20/h1-8,20H,9-15H2,(H2,22,26,27)/t20-/m1/s1. The zero-order valence-corrected chi connectivity index (χ0v) is 17.8. The predicted octanol–water partition coefficient (Wildman–Crippen LogP) is 0.697. The fourth-order valence-electron chi connectivity index (χ4n) is 3.55. The lowest BCUT2D eigenvalue weighted by atomic mass is 10.2.